The first-order valence-electron chi connectivity index (χ1n) is 5.96. The number of unbranched alkanes of at least 4 members (excludes halogenated alkanes) is 1. The number of amides is 1. The summed E-state index contributed by atoms with van der Waals surface area (Å²) >= 11 is 0. The van der Waals surface area contributed by atoms with Gasteiger partial charge in [0.15, 0.2) is 0 Å². The molecule has 0 aliphatic rings. The van der Waals surface area contributed by atoms with Crippen LogP contribution < -0.4 is 0 Å². The fourth-order valence-electron chi connectivity index (χ4n) is 1.50. The first kappa shape index (κ1) is 13.5. The SMILES string of the molecule is CCCCN(C(=O)CCC)C(C)CC. The van der Waals surface area contributed by atoms with Crippen molar-refractivity contribution in [1.82, 2.24) is 4.90 Å². The molecule has 0 aliphatic carbocycles. The summed E-state index contributed by atoms with van der Waals surface area (Å²) in [6.07, 6.45) is 5.00. The van der Waals surface area contributed by atoms with Crippen molar-refractivity contribution in [3.63, 3.8) is 0 Å². The normalized spacial score (nSPS) is 12.6. The highest BCUT2D eigenvalue weighted by atomic mass is 16.2. The Bertz CT molecular complexity index is 156. The Hall–Kier alpha value is -0.530. The third-order valence-electron chi connectivity index (χ3n) is 2.66. The van der Waals surface area contributed by atoms with Gasteiger partial charge in [0.1, 0.15) is 0 Å². The molecule has 0 saturated heterocycles. The van der Waals surface area contributed by atoms with Crippen LogP contribution in [-0.2, 0) is 4.79 Å². The van der Waals surface area contributed by atoms with Gasteiger partial charge in [0.25, 0.3) is 0 Å². The molecule has 1 amide bonds. The number of hydrogen-bond donors (Lipinski definition) is 0. The molecular weight excluding hydrogens is 174 g/mol. The van der Waals surface area contributed by atoms with Gasteiger partial charge in [-0.1, -0.05) is 27.2 Å². The van der Waals surface area contributed by atoms with Crippen molar-refractivity contribution in [2.45, 2.75) is 65.8 Å². The number of rotatable bonds is 7. The van der Waals surface area contributed by atoms with Crippen LogP contribution in [0.1, 0.15) is 59.8 Å². The van der Waals surface area contributed by atoms with Crippen molar-refractivity contribution < 1.29 is 4.79 Å². The van der Waals surface area contributed by atoms with Gasteiger partial charge in [0.05, 0.1) is 0 Å². The molecule has 0 fully saturated rings. The lowest BCUT2D eigenvalue weighted by atomic mass is 10.1. The van der Waals surface area contributed by atoms with Crippen LogP contribution >= 0.6 is 0 Å². The van der Waals surface area contributed by atoms with Crippen LogP contribution in [0.3, 0.4) is 0 Å². The highest BCUT2D eigenvalue weighted by Gasteiger charge is 2.16. The average Bonchev–Trinajstić information content (AvgIpc) is 2.18. The molecule has 0 spiro atoms. The quantitative estimate of drug-likeness (QED) is 0.616. The van der Waals surface area contributed by atoms with Gasteiger partial charge in [0.2, 0.25) is 5.91 Å². The predicted molar refractivity (Wildman–Crippen MR) is 61.3 cm³/mol. The van der Waals surface area contributed by atoms with E-state index < -0.39 is 0 Å². The van der Waals surface area contributed by atoms with Gasteiger partial charge in [-0.15, -0.1) is 0 Å². The summed E-state index contributed by atoms with van der Waals surface area (Å²) in [7, 11) is 0. The van der Waals surface area contributed by atoms with E-state index in [2.05, 4.69) is 27.7 Å². The van der Waals surface area contributed by atoms with Crippen LogP contribution in [0.4, 0.5) is 0 Å². The number of hydrogen-bond acceptors (Lipinski definition) is 1. The largest absolute Gasteiger partial charge is 0.340 e. The van der Waals surface area contributed by atoms with E-state index in [-0.39, 0.29) is 0 Å². The second kappa shape index (κ2) is 7.84. The van der Waals surface area contributed by atoms with E-state index in [0.717, 1.165) is 32.2 Å². The second-order valence-corrected chi connectivity index (χ2v) is 3.95. The van der Waals surface area contributed by atoms with E-state index in [1.54, 1.807) is 0 Å². The average molecular weight is 199 g/mol. The molecule has 0 aliphatic heterocycles. The maximum atomic E-state index is 11.8. The summed E-state index contributed by atoms with van der Waals surface area (Å²) in [5.41, 5.74) is 0. The highest BCUT2D eigenvalue weighted by Crippen LogP contribution is 2.08. The number of carbonyl (C=O) groups excluding carboxylic acids is 1. The van der Waals surface area contributed by atoms with Crippen molar-refractivity contribution in [3.05, 3.63) is 0 Å². The van der Waals surface area contributed by atoms with Crippen molar-refractivity contribution in [2.24, 2.45) is 0 Å². The molecule has 14 heavy (non-hydrogen) atoms. The summed E-state index contributed by atoms with van der Waals surface area (Å²) in [5.74, 6) is 0.329. The van der Waals surface area contributed by atoms with Crippen LogP contribution in [-0.4, -0.2) is 23.4 Å². The molecule has 84 valence electrons. The van der Waals surface area contributed by atoms with E-state index in [1.807, 2.05) is 4.90 Å². The van der Waals surface area contributed by atoms with Gasteiger partial charge in [-0.2, -0.15) is 0 Å². The minimum Gasteiger partial charge on any atom is -0.340 e. The Morgan fingerprint density at radius 3 is 2.29 bits per heavy atom. The van der Waals surface area contributed by atoms with Crippen molar-refractivity contribution in [3.8, 4) is 0 Å². The van der Waals surface area contributed by atoms with Crippen LogP contribution in [0.5, 0.6) is 0 Å². The summed E-state index contributed by atoms with van der Waals surface area (Å²) in [6.45, 7) is 9.45. The van der Waals surface area contributed by atoms with Gasteiger partial charge in [-0.3, -0.25) is 4.79 Å². The number of carbonyl (C=O) groups is 1. The molecule has 2 nitrogen and oxygen atoms in total. The second-order valence-electron chi connectivity index (χ2n) is 3.95. The van der Waals surface area contributed by atoms with Gasteiger partial charge in [0, 0.05) is 19.0 Å². The molecular formula is C12H25NO. The first-order valence-corrected chi connectivity index (χ1v) is 5.96. The summed E-state index contributed by atoms with van der Waals surface area (Å²) in [6, 6.07) is 0.403. The summed E-state index contributed by atoms with van der Waals surface area (Å²) in [4.78, 5) is 13.8. The molecule has 0 rings (SSSR count). The lowest BCUT2D eigenvalue weighted by Crippen LogP contribution is -2.38. The Labute approximate surface area is 88.7 Å². The molecule has 0 aromatic rings. The lowest BCUT2D eigenvalue weighted by molar-refractivity contribution is -0.133. The first-order chi connectivity index (χ1) is 6.67. The fraction of sp³-hybridized carbons (Fsp3) is 0.917. The minimum absolute atomic E-state index is 0.329. The zero-order chi connectivity index (χ0) is 11.0. The maximum Gasteiger partial charge on any atom is 0.222 e. The third-order valence-corrected chi connectivity index (χ3v) is 2.66. The van der Waals surface area contributed by atoms with Gasteiger partial charge in [-0.05, 0) is 26.2 Å². The Kier molecular flexibility index (Phi) is 7.54. The van der Waals surface area contributed by atoms with E-state index in [4.69, 9.17) is 0 Å². The Morgan fingerprint density at radius 2 is 1.86 bits per heavy atom. The smallest absolute Gasteiger partial charge is 0.222 e. The highest BCUT2D eigenvalue weighted by molar-refractivity contribution is 5.76. The molecule has 0 saturated carbocycles. The minimum atomic E-state index is 0.329. The molecule has 2 heteroatoms. The molecule has 0 aromatic heterocycles. The van der Waals surface area contributed by atoms with Crippen LogP contribution in [0, 0.1) is 0 Å². The van der Waals surface area contributed by atoms with E-state index in [9.17, 15) is 4.79 Å². The monoisotopic (exact) mass is 199 g/mol. The number of nitrogens with zero attached hydrogens (tertiary/aromatic N) is 1. The molecule has 0 radical (unpaired) electrons. The van der Waals surface area contributed by atoms with Crippen LogP contribution in [0.25, 0.3) is 0 Å². The van der Waals surface area contributed by atoms with Crippen molar-refractivity contribution in [2.75, 3.05) is 6.54 Å². The molecule has 1 unspecified atom stereocenters. The maximum absolute atomic E-state index is 11.8. The Morgan fingerprint density at radius 1 is 1.21 bits per heavy atom. The summed E-state index contributed by atoms with van der Waals surface area (Å²) < 4.78 is 0. The zero-order valence-electron chi connectivity index (χ0n) is 10.2. The molecule has 0 N–H and O–H groups in total. The van der Waals surface area contributed by atoms with Gasteiger partial charge in [-0.25, -0.2) is 0 Å². The molecule has 0 bridgehead atoms. The standard InChI is InChI=1S/C12H25NO/c1-5-8-10-13(11(4)7-3)12(14)9-6-2/h11H,5-10H2,1-4H3. The molecule has 0 aromatic carbocycles. The van der Waals surface area contributed by atoms with Crippen molar-refractivity contribution in [1.29, 1.82) is 0 Å². The van der Waals surface area contributed by atoms with Crippen LogP contribution in [0.15, 0.2) is 0 Å². The topological polar surface area (TPSA) is 20.3 Å². The van der Waals surface area contributed by atoms with Crippen LogP contribution in [0.2, 0.25) is 0 Å². The summed E-state index contributed by atoms with van der Waals surface area (Å²) in [5, 5.41) is 0. The van der Waals surface area contributed by atoms with E-state index in [0.29, 0.717) is 18.4 Å². The van der Waals surface area contributed by atoms with Gasteiger partial charge >= 0.3 is 0 Å². The third kappa shape index (κ3) is 4.64. The van der Waals surface area contributed by atoms with E-state index in [1.165, 1.54) is 0 Å². The zero-order valence-corrected chi connectivity index (χ0v) is 10.2. The Balaban J connectivity index is 4.15. The predicted octanol–water partition coefficient (Wildman–Crippen LogP) is 3.21. The fourth-order valence-corrected chi connectivity index (χ4v) is 1.50. The van der Waals surface area contributed by atoms with E-state index >= 15 is 0 Å². The molecule has 1 atom stereocenters. The molecule has 0 heterocycles. The lowest BCUT2D eigenvalue weighted by Gasteiger charge is -2.28. The van der Waals surface area contributed by atoms with Crippen molar-refractivity contribution >= 4 is 5.91 Å². The van der Waals surface area contributed by atoms with Gasteiger partial charge < -0.3 is 4.90 Å².